The number of rotatable bonds is 4. The predicted octanol–water partition coefficient (Wildman–Crippen LogP) is 1.74. The molecule has 27 heavy (non-hydrogen) atoms. The number of ether oxygens (including phenoxy) is 1. The molecule has 0 saturated carbocycles. The first kappa shape index (κ1) is 18.9. The Labute approximate surface area is 153 Å². The van der Waals surface area contributed by atoms with Crippen molar-refractivity contribution in [3.63, 3.8) is 0 Å². The third-order valence-electron chi connectivity index (χ3n) is 5.05. The van der Waals surface area contributed by atoms with Crippen LogP contribution < -0.4 is 0 Å². The van der Waals surface area contributed by atoms with Gasteiger partial charge in [0.05, 0.1) is 17.8 Å². The Bertz CT molecular complexity index is 866. The van der Waals surface area contributed by atoms with Crippen molar-refractivity contribution >= 4 is 23.6 Å². The molecule has 6 nitrogen and oxygen atoms in total. The number of carbonyl (C=O) groups excluding carboxylic acids is 4. The molecule has 1 aromatic carbocycles. The van der Waals surface area contributed by atoms with Crippen LogP contribution in [0.4, 0.5) is 8.78 Å². The van der Waals surface area contributed by atoms with Gasteiger partial charge in [-0.2, -0.15) is 0 Å². The summed E-state index contributed by atoms with van der Waals surface area (Å²) in [4.78, 5) is 50.1. The maximum Gasteiger partial charge on any atom is 0.310 e. The number of benzene rings is 1. The van der Waals surface area contributed by atoms with E-state index in [-0.39, 0.29) is 17.4 Å². The molecule has 4 atom stereocenters. The second kappa shape index (κ2) is 7.02. The molecule has 0 aromatic heterocycles. The van der Waals surface area contributed by atoms with E-state index in [0.717, 1.165) is 23.1 Å². The lowest BCUT2D eigenvalue weighted by atomic mass is 9.72. The van der Waals surface area contributed by atoms with E-state index >= 15 is 0 Å². The zero-order chi connectivity index (χ0) is 19.9. The SMILES string of the molecule is C[C@@H]1C=C[C@@H]2C(=O)N(C)C(=O)[C@H]2[C@@H]1C(=O)OCC(=O)c1ccc(F)c(F)c1. The summed E-state index contributed by atoms with van der Waals surface area (Å²) >= 11 is 0. The van der Waals surface area contributed by atoms with Gasteiger partial charge in [0.25, 0.3) is 0 Å². The number of imide groups is 1. The van der Waals surface area contributed by atoms with Crippen molar-refractivity contribution in [2.24, 2.45) is 23.7 Å². The molecule has 0 spiro atoms. The molecule has 3 rings (SSSR count). The molecular weight excluding hydrogens is 360 g/mol. The van der Waals surface area contributed by atoms with Gasteiger partial charge in [-0.3, -0.25) is 24.1 Å². The van der Waals surface area contributed by atoms with Crippen LogP contribution in [0.25, 0.3) is 0 Å². The number of halogens is 2. The van der Waals surface area contributed by atoms with E-state index in [1.165, 1.54) is 7.05 Å². The highest BCUT2D eigenvalue weighted by Crippen LogP contribution is 2.41. The Balaban J connectivity index is 1.72. The number of Topliss-reactive ketones (excluding diaryl/α,β-unsaturated/α-hetero) is 1. The normalized spacial score (nSPS) is 26.9. The molecule has 1 aliphatic carbocycles. The fourth-order valence-corrected chi connectivity index (χ4v) is 3.53. The molecule has 0 unspecified atom stereocenters. The fraction of sp³-hybridized carbons (Fsp3) is 0.368. The Morgan fingerprint density at radius 2 is 1.81 bits per heavy atom. The number of amides is 2. The lowest BCUT2D eigenvalue weighted by Gasteiger charge is -2.29. The minimum absolute atomic E-state index is 0.136. The van der Waals surface area contributed by atoms with Gasteiger partial charge in [-0.05, 0) is 24.1 Å². The fourth-order valence-electron chi connectivity index (χ4n) is 3.53. The maximum absolute atomic E-state index is 13.2. The quantitative estimate of drug-likeness (QED) is 0.346. The minimum Gasteiger partial charge on any atom is -0.457 e. The summed E-state index contributed by atoms with van der Waals surface area (Å²) in [7, 11) is 1.36. The van der Waals surface area contributed by atoms with Crippen LogP contribution in [0.1, 0.15) is 17.3 Å². The second-order valence-electron chi connectivity index (χ2n) is 6.72. The van der Waals surface area contributed by atoms with Crippen molar-refractivity contribution in [2.75, 3.05) is 13.7 Å². The molecule has 0 radical (unpaired) electrons. The van der Waals surface area contributed by atoms with Gasteiger partial charge >= 0.3 is 5.97 Å². The van der Waals surface area contributed by atoms with Crippen molar-refractivity contribution in [3.05, 3.63) is 47.5 Å². The van der Waals surface area contributed by atoms with E-state index in [1.54, 1.807) is 19.1 Å². The molecule has 1 saturated heterocycles. The monoisotopic (exact) mass is 377 g/mol. The van der Waals surface area contributed by atoms with Gasteiger partial charge in [0.1, 0.15) is 0 Å². The number of fused-ring (bicyclic) bond motifs is 1. The van der Waals surface area contributed by atoms with Gasteiger partial charge in [0.2, 0.25) is 11.8 Å². The Hall–Kier alpha value is -2.90. The van der Waals surface area contributed by atoms with Crippen molar-refractivity contribution in [3.8, 4) is 0 Å². The molecule has 1 heterocycles. The molecule has 2 amide bonds. The highest BCUT2D eigenvalue weighted by atomic mass is 19.2. The first-order valence-corrected chi connectivity index (χ1v) is 8.37. The average molecular weight is 377 g/mol. The zero-order valence-electron chi connectivity index (χ0n) is 14.6. The standard InChI is InChI=1S/C19H17F2NO5/c1-9-3-5-11-16(18(25)22(2)17(11)24)15(9)19(26)27-8-14(23)10-4-6-12(20)13(21)7-10/h3-7,9,11,15-16H,8H2,1-2H3/t9-,11+,15-,16-/m1/s1. The maximum atomic E-state index is 13.2. The summed E-state index contributed by atoms with van der Waals surface area (Å²) in [6.07, 6.45) is 3.30. The first-order chi connectivity index (χ1) is 12.7. The number of nitrogens with zero attached hydrogens (tertiary/aromatic N) is 1. The van der Waals surface area contributed by atoms with Crippen molar-refractivity contribution in [1.29, 1.82) is 0 Å². The lowest BCUT2D eigenvalue weighted by Crippen LogP contribution is -2.39. The van der Waals surface area contributed by atoms with E-state index in [1.807, 2.05) is 0 Å². The molecule has 1 aliphatic heterocycles. The molecule has 1 aromatic rings. The largest absolute Gasteiger partial charge is 0.457 e. The van der Waals surface area contributed by atoms with Gasteiger partial charge in [-0.25, -0.2) is 8.78 Å². The first-order valence-electron chi connectivity index (χ1n) is 8.37. The van der Waals surface area contributed by atoms with Gasteiger partial charge in [-0.1, -0.05) is 19.1 Å². The molecule has 142 valence electrons. The highest BCUT2D eigenvalue weighted by Gasteiger charge is 2.53. The molecule has 1 fully saturated rings. The van der Waals surface area contributed by atoms with E-state index in [4.69, 9.17) is 4.74 Å². The zero-order valence-corrected chi connectivity index (χ0v) is 14.6. The van der Waals surface area contributed by atoms with E-state index < -0.39 is 53.7 Å². The minimum atomic E-state index is -1.18. The van der Waals surface area contributed by atoms with Gasteiger partial charge in [-0.15, -0.1) is 0 Å². The summed E-state index contributed by atoms with van der Waals surface area (Å²) in [6, 6.07) is 2.62. The summed E-state index contributed by atoms with van der Waals surface area (Å²) < 4.78 is 31.2. The number of hydrogen-bond acceptors (Lipinski definition) is 5. The van der Waals surface area contributed by atoms with Crippen LogP contribution in [-0.2, 0) is 19.1 Å². The number of allylic oxidation sites excluding steroid dienone is 1. The third kappa shape index (κ3) is 3.27. The summed E-state index contributed by atoms with van der Waals surface area (Å²) in [5.41, 5.74) is -0.136. The Morgan fingerprint density at radius 3 is 2.48 bits per heavy atom. The number of likely N-dealkylation sites (tertiary alicyclic amines) is 1. The van der Waals surface area contributed by atoms with Crippen LogP contribution in [-0.4, -0.2) is 42.1 Å². The third-order valence-corrected chi connectivity index (χ3v) is 5.05. The number of esters is 1. The van der Waals surface area contributed by atoms with Gasteiger partial charge in [0, 0.05) is 12.6 Å². The van der Waals surface area contributed by atoms with E-state index in [9.17, 15) is 28.0 Å². The van der Waals surface area contributed by atoms with Crippen LogP contribution in [0, 0.1) is 35.3 Å². The number of carbonyl (C=O) groups is 4. The molecule has 0 N–H and O–H groups in total. The van der Waals surface area contributed by atoms with Crippen molar-refractivity contribution < 1.29 is 32.7 Å². The number of ketones is 1. The van der Waals surface area contributed by atoms with Crippen LogP contribution >= 0.6 is 0 Å². The second-order valence-corrected chi connectivity index (χ2v) is 6.72. The Kier molecular flexibility index (Phi) is 4.91. The highest BCUT2D eigenvalue weighted by molar-refractivity contribution is 6.07. The summed E-state index contributed by atoms with van der Waals surface area (Å²) in [6.45, 7) is 1.04. The Morgan fingerprint density at radius 1 is 1.11 bits per heavy atom. The van der Waals surface area contributed by atoms with E-state index in [0.29, 0.717) is 0 Å². The molecule has 2 aliphatic rings. The van der Waals surface area contributed by atoms with Crippen LogP contribution in [0.3, 0.4) is 0 Å². The van der Waals surface area contributed by atoms with Crippen LogP contribution in [0.5, 0.6) is 0 Å². The molecule has 8 heteroatoms. The van der Waals surface area contributed by atoms with E-state index in [2.05, 4.69) is 0 Å². The summed E-state index contributed by atoms with van der Waals surface area (Å²) in [5.74, 6) is -7.46. The summed E-state index contributed by atoms with van der Waals surface area (Å²) in [5, 5.41) is 0. The average Bonchev–Trinajstić information content (AvgIpc) is 2.86. The number of hydrogen-bond donors (Lipinski definition) is 0. The van der Waals surface area contributed by atoms with Crippen LogP contribution in [0.2, 0.25) is 0 Å². The van der Waals surface area contributed by atoms with Gasteiger partial charge in [0.15, 0.2) is 24.0 Å². The van der Waals surface area contributed by atoms with Crippen molar-refractivity contribution in [2.45, 2.75) is 6.92 Å². The molecular formula is C19H17F2NO5. The smallest absolute Gasteiger partial charge is 0.310 e. The van der Waals surface area contributed by atoms with Crippen LogP contribution in [0.15, 0.2) is 30.4 Å². The topological polar surface area (TPSA) is 80.8 Å². The predicted molar refractivity (Wildman–Crippen MR) is 88.2 cm³/mol. The van der Waals surface area contributed by atoms with Gasteiger partial charge < -0.3 is 4.74 Å². The lowest BCUT2D eigenvalue weighted by molar-refractivity contribution is -0.154. The molecule has 0 bridgehead atoms. The van der Waals surface area contributed by atoms with Crippen molar-refractivity contribution in [1.82, 2.24) is 4.90 Å².